The molecule has 6 aromatic rings. The standard InChI is InChI=1S/C87H125N23O19S2/c1-124-66-38-47(39-67(125-2)75(66)126-3)72-52-40-64-65(129-46-128-64)41-53(52)74(54-44-127-85(123)73(54)72)102-50-24-22-49(23-25-50)101-70(112)27-35-110-71(113)42-68(84(110)122)131-45-55(91)77(115)97-34-26-69(111)103-58(20-13-32-98-86(93)94)78(116)106-61(21-14-33-99-87(95)96)80(118)108-62(28-36-130-4)82(120)105-60(19-9-12-31-90)81(119)109-63(37-48-43-100-56-16-6-5-15-51(48)56)83(121)107-59(18-8-11-30-89)79(117)104-57(76(92)114)17-7-10-29-88/h5-6,15-16,22-25,38-43,54-55,57-63,72-74,100,102,113,122H,7-14,17-21,26-37,44-46,88-91H2,1-4H3,(H2,92,114)(H,97,115)(H,101,112)(H,103,111)(H,104,117)(H,105,120)(H,106,116)(H,107,121)(H,108,118)(H,109,119)(H4,93,94,98)(H4,95,96,99)/t54-,55-,57-,58-,59-,60-,61-,62-,63-,72?,73-,74?/m0/s1. The van der Waals surface area contributed by atoms with E-state index in [1.807, 2.05) is 42.5 Å². The molecule has 12 atom stereocenters. The maximum atomic E-state index is 14.9. The van der Waals surface area contributed by atoms with Crippen LogP contribution in [0.4, 0.5) is 11.4 Å². The van der Waals surface area contributed by atoms with E-state index in [0.29, 0.717) is 96.5 Å². The van der Waals surface area contributed by atoms with Gasteiger partial charge in [-0.2, -0.15) is 11.8 Å². The number of carbonyl (C=O) groups excluding carboxylic acids is 11. The second-order valence-corrected chi connectivity index (χ2v) is 34.0. The fourth-order valence-electron chi connectivity index (χ4n) is 15.8. The number of thioether (sulfide) groups is 2. The van der Waals surface area contributed by atoms with Gasteiger partial charge in [-0.3, -0.25) is 68.1 Å². The molecule has 3 aliphatic rings. The molecule has 0 bridgehead atoms. The predicted octanol–water partition coefficient (Wildman–Crippen LogP) is 0.966. The van der Waals surface area contributed by atoms with Crippen LogP contribution in [0.3, 0.4) is 0 Å². The highest BCUT2D eigenvalue weighted by Gasteiger charge is 2.53. The molecule has 1 saturated heterocycles. The first-order valence-electron chi connectivity index (χ1n) is 43.6. The molecule has 2 aromatic heterocycles. The summed E-state index contributed by atoms with van der Waals surface area (Å²) >= 11 is 2.29. The fourth-order valence-corrected chi connectivity index (χ4v) is 17.3. The fraction of sp³-hybridized carbons (Fsp3) is 0.506. The molecule has 42 nitrogen and oxygen atoms in total. The zero-order chi connectivity index (χ0) is 94.8. The monoisotopic (exact) mass is 1860 g/mol. The van der Waals surface area contributed by atoms with Crippen LogP contribution in [0.1, 0.15) is 137 Å². The summed E-state index contributed by atoms with van der Waals surface area (Å²) in [6, 6.07) is 12.1. The lowest BCUT2D eigenvalue weighted by Gasteiger charge is -2.40. The molecule has 31 N–H and O–H groups in total. The first-order valence-corrected chi connectivity index (χ1v) is 45.9. The Morgan fingerprint density at radius 1 is 0.573 bits per heavy atom. The number of cyclic esters (lactones) is 1. The van der Waals surface area contributed by atoms with Gasteiger partial charge in [0.25, 0.3) is 0 Å². The number of rotatable bonds is 56. The van der Waals surface area contributed by atoms with Crippen LogP contribution in [0.2, 0.25) is 0 Å². The van der Waals surface area contributed by atoms with Gasteiger partial charge in [-0.25, -0.2) is 0 Å². The Kier molecular flexibility index (Phi) is 39.8. The van der Waals surface area contributed by atoms with E-state index in [0.717, 1.165) is 43.9 Å². The molecule has 714 valence electrons. The number of hydrogen-bond donors (Lipinski definition) is 24. The molecule has 2 unspecified atom stereocenters. The van der Waals surface area contributed by atoms with Gasteiger partial charge in [0.1, 0.15) is 42.3 Å². The van der Waals surface area contributed by atoms with Crippen molar-refractivity contribution in [3.63, 3.8) is 0 Å². The third kappa shape index (κ3) is 29.2. The Labute approximate surface area is 766 Å². The van der Waals surface area contributed by atoms with Gasteiger partial charge in [-0.1, -0.05) is 18.2 Å². The number of primary amides is 1. The number of methoxy groups -OCH3 is 3. The average molecular weight is 1860 g/mol. The van der Waals surface area contributed by atoms with Gasteiger partial charge in [0.2, 0.25) is 77.5 Å². The number of aromatic nitrogens is 2. The number of esters is 1. The lowest BCUT2D eigenvalue weighted by Crippen LogP contribution is -2.60. The number of ether oxygens (including phenoxy) is 6. The number of unbranched alkanes of at least 4 members (excludes halogenated alkanes) is 3. The summed E-state index contributed by atoms with van der Waals surface area (Å²) in [6.45, 7) is 0.706. The molecule has 44 heteroatoms. The molecule has 10 amide bonds. The lowest BCUT2D eigenvalue weighted by molar-refractivity contribution is -0.141. The lowest BCUT2D eigenvalue weighted by atomic mass is 9.65. The largest absolute Gasteiger partial charge is 0.494 e. The molecule has 4 aromatic carbocycles. The number of aromatic amines is 1. The van der Waals surface area contributed by atoms with E-state index in [9.17, 15) is 63.0 Å². The van der Waals surface area contributed by atoms with Crippen LogP contribution in [-0.4, -0.2) is 237 Å². The molecule has 131 heavy (non-hydrogen) atoms. The van der Waals surface area contributed by atoms with Crippen LogP contribution < -0.4 is 128 Å². The molecular formula is C87H125N23O19S2. The minimum absolute atomic E-state index is 0.00359. The van der Waals surface area contributed by atoms with Crippen LogP contribution in [0.15, 0.2) is 90.0 Å². The second-order valence-electron chi connectivity index (χ2n) is 31.9. The molecular weight excluding hydrogens is 1740 g/mol. The zero-order valence-corrected chi connectivity index (χ0v) is 75.6. The Balaban J connectivity index is 0.797. The van der Waals surface area contributed by atoms with Crippen molar-refractivity contribution in [3.05, 3.63) is 107 Å². The van der Waals surface area contributed by atoms with Gasteiger partial charge in [-0.15, -0.1) is 11.8 Å². The van der Waals surface area contributed by atoms with E-state index in [2.05, 4.69) is 68.8 Å². The van der Waals surface area contributed by atoms with Crippen molar-refractivity contribution in [2.75, 3.05) is 102 Å². The number of anilines is 2. The quantitative estimate of drug-likeness (QED) is 0.00831. The average Bonchev–Trinajstić information content (AvgIpc) is 1.64. The summed E-state index contributed by atoms with van der Waals surface area (Å²) in [6.07, 6.45) is 5.83. The SMILES string of the molecule is COc1cc(C2c3cc4c(cc3C(Nc3ccc(NC(=O)CCn5c(O)cc(SC[C@H](N)C(=O)NCCC(=O)N[C@@H](CCCNC(=N)N)C(=O)N[C@@H](CCCNC(=N)N)C(=O)N[C@@H](CCSC)C(=O)N[C@@H](CCCCN)C(=O)N[C@@H](Cc6c[nH]c7ccccc67)C(=O)N[C@@H](CCCCN)C(=O)N[C@@H](CCCCN)C(N)=O)c5O)cc3)[C@H]3COC(=O)[C@H]23)OCO4)cc(OC)c1OC. The number of fused-ring (bicyclic) bond motifs is 4. The van der Waals surface area contributed by atoms with Crippen LogP contribution in [0, 0.1) is 22.7 Å². The first-order chi connectivity index (χ1) is 63.0. The van der Waals surface area contributed by atoms with E-state index in [-0.39, 0.29) is 164 Å². The van der Waals surface area contributed by atoms with E-state index >= 15 is 0 Å². The number of para-hydroxylation sites is 1. The molecule has 9 rings (SSSR count). The number of nitrogens with one attached hydrogen (secondary N) is 15. The Bertz CT molecular complexity index is 4920. The van der Waals surface area contributed by atoms with Crippen LogP contribution in [0.25, 0.3) is 10.9 Å². The van der Waals surface area contributed by atoms with Crippen molar-refractivity contribution in [2.45, 2.75) is 181 Å². The molecule has 4 heterocycles. The molecule has 1 aliphatic carbocycles. The van der Waals surface area contributed by atoms with Crippen molar-refractivity contribution >= 4 is 123 Å². The molecule has 0 spiro atoms. The molecule has 2 aliphatic heterocycles. The number of H-pyrrole nitrogens is 1. The zero-order valence-electron chi connectivity index (χ0n) is 73.9. The molecule has 0 saturated carbocycles. The minimum atomic E-state index is -1.42. The van der Waals surface area contributed by atoms with Gasteiger partial charge in [0.05, 0.1) is 50.8 Å². The van der Waals surface area contributed by atoms with E-state index < -0.39 is 131 Å². The number of benzene rings is 4. The van der Waals surface area contributed by atoms with Crippen molar-refractivity contribution in [2.24, 2.45) is 52.0 Å². The summed E-state index contributed by atoms with van der Waals surface area (Å²) in [5, 5.41) is 72.0. The predicted molar refractivity (Wildman–Crippen MR) is 493 cm³/mol. The smallest absolute Gasteiger partial charge is 0.310 e. The number of carbonyl (C=O) groups is 11. The van der Waals surface area contributed by atoms with E-state index in [1.54, 1.807) is 42.8 Å². The van der Waals surface area contributed by atoms with E-state index in [4.69, 9.17) is 79.4 Å². The van der Waals surface area contributed by atoms with Crippen LogP contribution >= 0.6 is 23.5 Å². The van der Waals surface area contributed by atoms with Crippen molar-refractivity contribution in [1.29, 1.82) is 10.8 Å². The summed E-state index contributed by atoms with van der Waals surface area (Å²) in [4.78, 5) is 158. The number of nitrogens with zero attached hydrogens (tertiary/aromatic N) is 1. The number of hydrogen-bond acceptors (Lipinski definition) is 28. The Hall–Kier alpha value is -12.7. The number of aromatic hydroxyl groups is 2. The van der Waals surface area contributed by atoms with Crippen molar-refractivity contribution in [3.8, 4) is 40.5 Å². The highest BCUT2D eigenvalue weighted by molar-refractivity contribution is 7.99. The molecule has 1 fully saturated rings. The third-order valence-corrected chi connectivity index (χ3v) is 24.5. The topological polar surface area (TPSA) is 679 Å². The maximum absolute atomic E-state index is 14.9. The highest BCUT2D eigenvalue weighted by atomic mass is 32.2. The second kappa shape index (κ2) is 51.1. The third-order valence-electron chi connectivity index (χ3n) is 22.7. The van der Waals surface area contributed by atoms with Gasteiger partial charge >= 0.3 is 5.97 Å². The van der Waals surface area contributed by atoms with Gasteiger partial charge < -0.3 is 148 Å². The van der Waals surface area contributed by atoms with Crippen molar-refractivity contribution < 1.29 is 91.4 Å². The first kappa shape index (κ1) is 102. The number of guanidine groups is 2. The van der Waals surface area contributed by atoms with Crippen LogP contribution in [0.5, 0.6) is 40.5 Å². The number of nitrogens with two attached hydrogens (primary N) is 7. The van der Waals surface area contributed by atoms with Gasteiger partial charge in [-0.05, 0) is 198 Å². The van der Waals surface area contributed by atoms with Crippen molar-refractivity contribution in [1.82, 2.24) is 62.7 Å². The summed E-state index contributed by atoms with van der Waals surface area (Å²) in [5.74, 6) is -8.37. The maximum Gasteiger partial charge on any atom is 0.310 e. The van der Waals surface area contributed by atoms with Gasteiger partial charge in [0.15, 0.2) is 40.8 Å². The minimum Gasteiger partial charge on any atom is -0.494 e. The van der Waals surface area contributed by atoms with Gasteiger partial charge in [0, 0.05) is 97.6 Å². The summed E-state index contributed by atoms with van der Waals surface area (Å²) in [5.41, 5.74) is 45.4. The van der Waals surface area contributed by atoms with E-state index in [1.165, 1.54) is 39.2 Å². The Morgan fingerprint density at radius 3 is 1.63 bits per heavy atom. The van der Waals surface area contributed by atoms with Crippen LogP contribution in [-0.2, 0) is 70.4 Å². The highest BCUT2D eigenvalue weighted by Crippen LogP contribution is 2.56. The Morgan fingerprint density at radius 2 is 1.08 bits per heavy atom. The molecule has 0 radical (unpaired) electrons. The number of amides is 10. The summed E-state index contributed by atoms with van der Waals surface area (Å²) in [7, 11) is 4.55. The summed E-state index contributed by atoms with van der Waals surface area (Å²) < 4.78 is 35.7. The normalized spacial score (nSPS) is 16.4.